The van der Waals surface area contributed by atoms with Crippen LogP contribution >= 0.6 is 7.82 Å². The van der Waals surface area contributed by atoms with Gasteiger partial charge in [0, 0.05) is 19.4 Å². The molecule has 2 atom stereocenters. The van der Waals surface area contributed by atoms with Crippen LogP contribution in [0.25, 0.3) is 0 Å². The first-order chi connectivity index (χ1) is 36.8. The van der Waals surface area contributed by atoms with Crippen LogP contribution in [-0.4, -0.2) is 49.3 Å². The third-order valence-electron chi connectivity index (χ3n) is 13.6. The van der Waals surface area contributed by atoms with E-state index in [2.05, 4.69) is 86.8 Å². The van der Waals surface area contributed by atoms with Gasteiger partial charge in [0.05, 0.1) is 13.2 Å². The maximum absolute atomic E-state index is 12.7. The quantitative estimate of drug-likeness (QED) is 0.0264. The highest BCUT2D eigenvalue weighted by Crippen LogP contribution is 2.43. The standard InChI is InChI=1S/C65H118NO8P/c1-3-5-7-9-11-13-15-17-19-21-23-25-27-28-29-30-31-32-33-34-36-37-39-41-43-45-47-49-51-53-55-57-64(67)71-61-63(62-73-75(69,70)72-60-59-66)74-65(68)58-56-54-52-50-48-46-44-42-40-38-35-26-24-22-20-18-16-14-12-10-8-6-4-2/h6,8,12,14-15,17-18,20-21,23-24,26,63H,3-5,7,9-11,13,16,19,22,25,27-62,66H2,1-2H3,(H,69,70)/b8-6-,14-12-,17-15-,20-18-,23-21-,26-24-. The Morgan fingerprint density at radius 2 is 0.733 bits per heavy atom. The molecular weight excluding hydrogens is 954 g/mol. The number of esters is 2. The van der Waals surface area contributed by atoms with Crippen molar-refractivity contribution >= 4 is 19.8 Å². The minimum absolute atomic E-state index is 0.0513. The van der Waals surface area contributed by atoms with Crippen LogP contribution in [0.15, 0.2) is 72.9 Å². The molecular formula is C65H118NO8P. The van der Waals surface area contributed by atoms with E-state index in [0.717, 1.165) is 77.0 Å². The smallest absolute Gasteiger partial charge is 0.462 e. The van der Waals surface area contributed by atoms with Crippen molar-refractivity contribution in [2.75, 3.05) is 26.4 Å². The normalized spacial score (nSPS) is 13.5. The first-order valence-electron chi connectivity index (χ1n) is 31.4. The molecule has 436 valence electrons. The summed E-state index contributed by atoms with van der Waals surface area (Å²) < 4.78 is 33.1. The summed E-state index contributed by atoms with van der Waals surface area (Å²) in [7, 11) is -4.39. The van der Waals surface area contributed by atoms with Gasteiger partial charge in [0.2, 0.25) is 0 Å². The molecule has 0 aliphatic heterocycles. The summed E-state index contributed by atoms with van der Waals surface area (Å²) in [6, 6.07) is 0. The molecule has 0 bridgehead atoms. The van der Waals surface area contributed by atoms with Crippen molar-refractivity contribution in [3.8, 4) is 0 Å². The van der Waals surface area contributed by atoms with Crippen molar-refractivity contribution in [3.05, 3.63) is 72.9 Å². The summed E-state index contributed by atoms with van der Waals surface area (Å²) in [5.41, 5.74) is 5.39. The number of unbranched alkanes of at least 4 members (excludes halogenated alkanes) is 34. The number of allylic oxidation sites excluding steroid dienone is 12. The fourth-order valence-corrected chi connectivity index (χ4v) is 9.72. The van der Waals surface area contributed by atoms with E-state index in [4.69, 9.17) is 24.3 Å². The molecule has 0 saturated heterocycles. The van der Waals surface area contributed by atoms with Crippen LogP contribution in [0.5, 0.6) is 0 Å². The predicted octanol–water partition coefficient (Wildman–Crippen LogP) is 20.1. The highest BCUT2D eigenvalue weighted by atomic mass is 31.2. The largest absolute Gasteiger partial charge is 0.472 e. The molecule has 0 amide bonds. The molecule has 0 aromatic heterocycles. The SMILES string of the molecule is CC/C=C\C/C=C\C/C=C\C/C=C\CCCCCCCCCCCCC(=O)OC(COC(=O)CCCCCCCCCCCCCCCCCCCCC/C=C\C/C=C\CCCCCCC)COP(=O)(O)OCCN. The zero-order valence-corrected chi connectivity index (χ0v) is 49.7. The number of hydrogen-bond donors (Lipinski definition) is 2. The number of phosphoric acid groups is 1. The lowest BCUT2D eigenvalue weighted by Crippen LogP contribution is -2.29. The molecule has 10 heteroatoms. The third kappa shape index (κ3) is 60.5. The second-order valence-electron chi connectivity index (χ2n) is 20.9. The van der Waals surface area contributed by atoms with E-state index in [9.17, 15) is 19.0 Å². The molecule has 0 radical (unpaired) electrons. The van der Waals surface area contributed by atoms with Gasteiger partial charge in [-0.05, 0) is 83.5 Å². The minimum atomic E-state index is -4.39. The Balaban J connectivity index is 3.90. The number of phosphoric ester groups is 1. The van der Waals surface area contributed by atoms with Crippen LogP contribution in [0.1, 0.15) is 296 Å². The number of carbonyl (C=O) groups is 2. The lowest BCUT2D eigenvalue weighted by molar-refractivity contribution is -0.161. The maximum atomic E-state index is 12.7. The molecule has 3 N–H and O–H groups in total. The molecule has 0 aliphatic rings. The fraction of sp³-hybridized carbons (Fsp3) is 0.785. The van der Waals surface area contributed by atoms with E-state index >= 15 is 0 Å². The Hall–Kier alpha value is -2.55. The molecule has 0 aliphatic carbocycles. The molecule has 0 fully saturated rings. The molecule has 2 unspecified atom stereocenters. The van der Waals surface area contributed by atoms with E-state index < -0.39 is 26.5 Å². The summed E-state index contributed by atoms with van der Waals surface area (Å²) in [6.45, 7) is 3.65. The maximum Gasteiger partial charge on any atom is 0.472 e. The second kappa shape index (κ2) is 60.7. The van der Waals surface area contributed by atoms with Gasteiger partial charge < -0.3 is 20.1 Å². The highest BCUT2D eigenvalue weighted by Gasteiger charge is 2.26. The topological polar surface area (TPSA) is 134 Å². The highest BCUT2D eigenvalue weighted by molar-refractivity contribution is 7.47. The van der Waals surface area contributed by atoms with E-state index in [0.29, 0.717) is 6.42 Å². The van der Waals surface area contributed by atoms with Gasteiger partial charge in [-0.3, -0.25) is 18.6 Å². The third-order valence-corrected chi connectivity index (χ3v) is 14.6. The van der Waals surface area contributed by atoms with Crippen LogP contribution in [0.3, 0.4) is 0 Å². The average Bonchev–Trinajstić information content (AvgIpc) is 3.40. The second-order valence-corrected chi connectivity index (χ2v) is 22.3. The molecule has 0 heterocycles. The van der Waals surface area contributed by atoms with E-state index in [1.165, 1.54) is 186 Å². The first-order valence-corrected chi connectivity index (χ1v) is 32.9. The Morgan fingerprint density at radius 3 is 1.09 bits per heavy atom. The average molecular weight is 1070 g/mol. The molecule has 0 spiro atoms. The summed E-state index contributed by atoms with van der Waals surface area (Å²) in [5.74, 6) is -0.823. The number of ether oxygens (including phenoxy) is 2. The number of carbonyl (C=O) groups excluding carboxylic acids is 2. The van der Waals surface area contributed by atoms with Crippen LogP contribution < -0.4 is 5.73 Å². The van der Waals surface area contributed by atoms with Crippen molar-refractivity contribution in [2.45, 2.75) is 302 Å². The van der Waals surface area contributed by atoms with Crippen LogP contribution in [0.4, 0.5) is 0 Å². The Labute approximate surface area is 462 Å². The van der Waals surface area contributed by atoms with Crippen molar-refractivity contribution < 1.29 is 37.6 Å². The number of hydrogen-bond acceptors (Lipinski definition) is 8. The molecule has 9 nitrogen and oxygen atoms in total. The molecule has 0 aromatic carbocycles. The molecule has 0 rings (SSSR count). The molecule has 0 aromatic rings. The summed E-state index contributed by atoms with van der Waals surface area (Å²) in [6.07, 6.45) is 78.3. The zero-order valence-electron chi connectivity index (χ0n) is 48.8. The van der Waals surface area contributed by atoms with E-state index in [-0.39, 0.29) is 38.6 Å². The minimum Gasteiger partial charge on any atom is -0.462 e. The van der Waals surface area contributed by atoms with Gasteiger partial charge in [-0.2, -0.15) is 0 Å². The van der Waals surface area contributed by atoms with E-state index in [1.807, 2.05) is 0 Å². The van der Waals surface area contributed by atoms with Crippen LogP contribution in [-0.2, 0) is 32.7 Å². The number of rotatable bonds is 59. The van der Waals surface area contributed by atoms with Crippen molar-refractivity contribution in [1.29, 1.82) is 0 Å². The van der Waals surface area contributed by atoms with Gasteiger partial charge in [-0.1, -0.05) is 273 Å². The van der Waals surface area contributed by atoms with Crippen LogP contribution in [0, 0.1) is 0 Å². The van der Waals surface area contributed by atoms with E-state index in [1.54, 1.807) is 0 Å². The van der Waals surface area contributed by atoms with Gasteiger partial charge in [-0.15, -0.1) is 0 Å². The van der Waals surface area contributed by atoms with Gasteiger partial charge in [0.1, 0.15) is 6.61 Å². The Morgan fingerprint density at radius 1 is 0.413 bits per heavy atom. The fourth-order valence-electron chi connectivity index (χ4n) is 8.95. The lowest BCUT2D eigenvalue weighted by Gasteiger charge is -2.19. The summed E-state index contributed by atoms with van der Waals surface area (Å²) >= 11 is 0. The zero-order chi connectivity index (χ0) is 54.5. The number of nitrogens with two attached hydrogens (primary N) is 1. The van der Waals surface area contributed by atoms with Gasteiger partial charge >= 0.3 is 19.8 Å². The Kier molecular flexibility index (Phi) is 58.6. The van der Waals surface area contributed by atoms with Crippen molar-refractivity contribution in [1.82, 2.24) is 0 Å². The monoisotopic (exact) mass is 1070 g/mol. The first kappa shape index (κ1) is 72.5. The predicted molar refractivity (Wildman–Crippen MR) is 321 cm³/mol. The van der Waals surface area contributed by atoms with Gasteiger partial charge in [-0.25, -0.2) is 4.57 Å². The van der Waals surface area contributed by atoms with Gasteiger partial charge in [0.25, 0.3) is 0 Å². The van der Waals surface area contributed by atoms with Crippen LogP contribution in [0.2, 0.25) is 0 Å². The van der Waals surface area contributed by atoms with Gasteiger partial charge in [0.15, 0.2) is 6.10 Å². The van der Waals surface area contributed by atoms with Crippen molar-refractivity contribution in [3.63, 3.8) is 0 Å². The van der Waals surface area contributed by atoms with Crippen molar-refractivity contribution in [2.24, 2.45) is 5.73 Å². The molecule has 0 saturated carbocycles. The summed E-state index contributed by atoms with van der Waals surface area (Å²) in [5, 5.41) is 0. The molecule has 75 heavy (non-hydrogen) atoms. The summed E-state index contributed by atoms with van der Waals surface area (Å²) in [4.78, 5) is 35.3. The Bertz CT molecular complexity index is 1460. The lowest BCUT2D eigenvalue weighted by atomic mass is 10.0.